The summed E-state index contributed by atoms with van der Waals surface area (Å²) in [4.78, 5) is 24.4. The Kier molecular flexibility index (Phi) is 7.40. The lowest BCUT2D eigenvalue weighted by atomic mass is 10.2. The molecule has 36 heavy (non-hydrogen) atoms. The molecule has 5 rings (SSSR count). The number of nitrogens with zero attached hydrogens (tertiary/aromatic N) is 4. The number of hydrogen-bond acceptors (Lipinski definition) is 9. The molecule has 9 nitrogen and oxygen atoms in total. The third kappa shape index (κ3) is 5.05. The molecule has 1 fully saturated rings. The van der Waals surface area contributed by atoms with Crippen LogP contribution in [-0.2, 0) is 26.1 Å². The summed E-state index contributed by atoms with van der Waals surface area (Å²) in [6.45, 7) is 4.35. The number of rotatable bonds is 9. The number of hydrogen-bond donors (Lipinski definition) is 1. The number of likely N-dealkylation sites (N-methyl/N-ethyl adjacent to an activating group) is 1. The predicted octanol–water partition coefficient (Wildman–Crippen LogP) is 3.32. The molecule has 1 saturated heterocycles. The van der Waals surface area contributed by atoms with Crippen molar-refractivity contribution in [3.8, 4) is 10.7 Å². The second kappa shape index (κ2) is 10.5. The van der Waals surface area contributed by atoms with Crippen LogP contribution in [0.2, 0.25) is 0 Å². The number of thiazole rings is 1. The van der Waals surface area contributed by atoms with Crippen LogP contribution in [-0.4, -0.2) is 86.8 Å². The van der Waals surface area contributed by atoms with E-state index in [-0.39, 0.29) is 6.04 Å². The summed E-state index contributed by atoms with van der Waals surface area (Å²) in [6, 6.07) is 7.88. The molecule has 2 aliphatic heterocycles. The van der Waals surface area contributed by atoms with Gasteiger partial charge in [-0.1, -0.05) is 18.2 Å². The highest BCUT2D eigenvalue weighted by Gasteiger charge is 2.28. The minimum absolute atomic E-state index is 0.176. The summed E-state index contributed by atoms with van der Waals surface area (Å²) in [5, 5.41) is 1.80. The predicted molar refractivity (Wildman–Crippen MR) is 146 cm³/mol. The number of carbonyl (C=O) groups is 1. The molecule has 0 spiro atoms. The number of piperazine rings is 1. The number of anilines is 1. The van der Waals surface area contributed by atoms with Crippen LogP contribution in [0, 0.1) is 0 Å². The number of fused-ring (bicyclic) bond motifs is 1. The molecule has 0 saturated carbocycles. The SMILES string of the molecule is CN1CCN(Cc2cnc(-c3cc4cccc(N(C)S(=O)(=O)C5=CCCS5)c4[nH]3)s2)CC1COC=O. The molecular weight excluding hydrogens is 518 g/mol. The van der Waals surface area contributed by atoms with Crippen molar-refractivity contribution < 1.29 is 17.9 Å². The Morgan fingerprint density at radius 3 is 2.97 bits per heavy atom. The van der Waals surface area contributed by atoms with E-state index in [1.54, 1.807) is 24.5 Å². The maximum absolute atomic E-state index is 13.1. The van der Waals surface area contributed by atoms with E-state index < -0.39 is 10.0 Å². The summed E-state index contributed by atoms with van der Waals surface area (Å²) >= 11 is 3.01. The number of benzene rings is 1. The molecule has 192 valence electrons. The van der Waals surface area contributed by atoms with E-state index in [0.29, 0.717) is 23.0 Å². The van der Waals surface area contributed by atoms with Crippen LogP contribution in [0.25, 0.3) is 21.6 Å². The molecule has 1 atom stereocenters. The Hall–Kier alpha value is -2.38. The van der Waals surface area contributed by atoms with Crippen LogP contribution in [0.15, 0.2) is 40.8 Å². The average Bonchev–Trinajstić information content (AvgIpc) is 3.64. The number of sulfonamides is 1. The molecule has 0 aliphatic carbocycles. The Labute approximate surface area is 219 Å². The lowest BCUT2D eigenvalue weighted by molar-refractivity contribution is -0.131. The minimum Gasteiger partial charge on any atom is -0.466 e. The zero-order valence-corrected chi connectivity index (χ0v) is 22.7. The molecule has 12 heteroatoms. The molecule has 4 heterocycles. The number of H-pyrrole nitrogens is 1. The first-order valence-electron chi connectivity index (χ1n) is 11.7. The van der Waals surface area contributed by atoms with Crippen LogP contribution in [0.4, 0.5) is 5.69 Å². The Balaban J connectivity index is 1.34. The maximum atomic E-state index is 13.1. The van der Waals surface area contributed by atoms with Crippen molar-refractivity contribution in [3.63, 3.8) is 0 Å². The average molecular weight is 548 g/mol. The van der Waals surface area contributed by atoms with Gasteiger partial charge in [-0.3, -0.25) is 18.9 Å². The van der Waals surface area contributed by atoms with Gasteiger partial charge in [-0.2, -0.15) is 0 Å². The maximum Gasteiger partial charge on any atom is 0.293 e. The lowest BCUT2D eigenvalue weighted by Gasteiger charge is -2.38. The first-order chi connectivity index (χ1) is 17.4. The molecule has 3 aromatic rings. The normalized spacial score (nSPS) is 19.5. The summed E-state index contributed by atoms with van der Waals surface area (Å²) in [7, 11) is 0.0812. The molecule has 1 N–H and O–H groups in total. The number of aromatic nitrogens is 2. The van der Waals surface area contributed by atoms with Crippen molar-refractivity contribution in [1.82, 2.24) is 19.8 Å². The quantitative estimate of drug-likeness (QED) is 0.408. The van der Waals surface area contributed by atoms with Crippen molar-refractivity contribution in [2.24, 2.45) is 0 Å². The van der Waals surface area contributed by atoms with Crippen LogP contribution >= 0.6 is 23.1 Å². The standard InChI is InChI=1S/C24H29N5O4S3/c1-27-8-9-29(13-18(27)15-33-16-30)14-19-12-25-24(35-19)20-11-17-5-3-6-21(23(17)26-20)28(2)36(31,32)22-7-4-10-34-22/h3,5-7,11-12,16,18,26H,4,8-10,13-15H2,1-2H3. The van der Waals surface area contributed by atoms with Crippen molar-refractivity contribution in [2.45, 2.75) is 19.0 Å². The largest absolute Gasteiger partial charge is 0.466 e. The number of nitrogens with one attached hydrogen (secondary N) is 1. The fourth-order valence-corrected chi connectivity index (χ4v) is 8.36. The zero-order valence-electron chi connectivity index (χ0n) is 20.2. The third-order valence-electron chi connectivity index (χ3n) is 6.64. The fraction of sp³-hybridized carbons (Fsp3) is 0.417. The van der Waals surface area contributed by atoms with Crippen molar-refractivity contribution in [3.05, 3.63) is 45.7 Å². The Bertz CT molecular complexity index is 1380. The Morgan fingerprint density at radius 1 is 1.33 bits per heavy atom. The van der Waals surface area contributed by atoms with Gasteiger partial charge in [-0.15, -0.1) is 23.1 Å². The molecule has 0 bridgehead atoms. The molecule has 2 aliphatic rings. The van der Waals surface area contributed by atoms with Crippen molar-refractivity contribution in [1.29, 1.82) is 0 Å². The van der Waals surface area contributed by atoms with E-state index in [9.17, 15) is 13.2 Å². The van der Waals surface area contributed by atoms with E-state index in [2.05, 4.69) is 26.8 Å². The van der Waals surface area contributed by atoms with Gasteiger partial charge in [0.05, 0.1) is 22.9 Å². The summed E-state index contributed by atoms with van der Waals surface area (Å²) in [5.74, 6) is 0.799. The van der Waals surface area contributed by atoms with Gasteiger partial charge in [0, 0.05) is 55.4 Å². The van der Waals surface area contributed by atoms with Gasteiger partial charge < -0.3 is 9.72 Å². The van der Waals surface area contributed by atoms with Crippen LogP contribution < -0.4 is 4.31 Å². The van der Waals surface area contributed by atoms with Crippen LogP contribution in [0.5, 0.6) is 0 Å². The summed E-state index contributed by atoms with van der Waals surface area (Å²) < 4.78 is 33.0. The molecule has 0 amide bonds. The Morgan fingerprint density at radius 2 is 2.19 bits per heavy atom. The van der Waals surface area contributed by atoms with Gasteiger partial charge in [-0.05, 0) is 25.6 Å². The van der Waals surface area contributed by atoms with Gasteiger partial charge in [0.1, 0.15) is 15.9 Å². The third-order valence-corrected chi connectivity index (χ3v) is 11.1. The molecule has 1 aromatic carbocycles. The summed E-state index contributed by atoms with van der Waals surface area (Å²) in [6.07, 6.45) is 4.48. The highest BCUT2D eigenvalue weighted by molar-refractivity contribution is 8.19. The van der Waals surface area contributed by atoms with Gasteiger partial charge >= 0.3 is 0 Å². The first-order valence-corrected chi connectivity index (χ1v) is 15.0. The van der Waals surface area contributed by atoms with Crippen LogP contribution in [0.3, 0.4) is 0 Å². The smallest absolute Gasteiger partial charge is 0.293 e. The molecule has 0 radical (unpaired) electrons. The fourth-order valence-electron chi connectivity index (χ4n) is 4.57. The number of allylic oxidation sites excluding steroid dienone is 1. The lowest BCUT2D eigenvalue weighted by Crippen LogP contribution is -2.52. The number of thioether (sulfide) groups is 1. The monoisotopic (exact) mass is 547 g/mol. The van der Waals surface area contributed by atoms with Crippen molar-refractivity contribution in [2.75, 3.05) is 50.4 Å². The van der Waals surface area contributed by atoms with E-state index in [1.165, 1.54) is 16.1 Å². The van der Waals surface area contributed by atoms with E-state index in [0.717, 1.165) is 64.8 Å². The van der Waals surface area contributed by atoms with Gasteiger partial charge in [-0.25, -0.2) is 13.4 Å². The number of carbonyl (C=O) groups excluding carboxylic acids is 1. The van der Waals surface area contributed by atoms with Gasteiger partial charge in [0.25, 0.3) is 16.5 Å². The highest BCUT2D eigenvalue weighted by Crippen LogP contribution is 2.37. The molecule has 2 aromatic heterocycles. The first kappa shape index (κ1) is 25.3. The van der Waals surface area contributed by atoms with E-state index >= 15 is 0 Å². The summed E-state index contributed by atoms with van der Waals surface area (Å²) in [5.41, 5.74) is 2.26. The topological polar surface area (TPSA) is 98.8 Å². The minimum atomic E-state index is -3.58. The van der Waals surface area contributed by atoms with E-state index in [1.807, 2.05) is 30.5 Å². The van der Waals surface area contributed by atoms with Crippen LogP contribution in [0.1, 0.15) is 11.3 Å². The van der Waals surface area contributed by atoms with Gasteiger partial charge in [0.15, 0.2) is 0 Å². The number of para-hydroxylation sites is 1. The number of aromatic amines is 1. The zero-order chi connectivity index (χ0) is 25.3. The van der Waals surface area contributed by atoms with Gasteiger partial charge in [0.2, 0.25) is 0 Å². The second-order valence-electron chi connectivity index (χ2n) is 8.99. The van der Waals surface area contributed by atoms with E-state index in [4.69, 9.17) is 4.74 Å². The molecular formula is C24H29N5O4S3. The molecule has 1 unspecified atom stereocenters. The number of ether oxygens (including phenoxy) is 1. The highest BCUT2D eigenvalue weighted by atomic mass is 32.3. The second-order valence-corrected chi connectivity index (χ2v) is 13.4. The van der Waals surface area contributed by atoms with Crippen molar-refractivity contribution >= 4 is 56.2 Å².